The Balaban J connectivity index is 3.51. The van der Waals surface area contributed by atoms with Crippen molar-refractivity contribution in [3.8, 4) is 0 Å². The van der Waals surface area contributed by atoms with Gasteiger partial charge in [0.25, 0.3) is 10.5 Å². The molecule has 2 unspecified atom stereocenters. The van der Waals surface area contributed by atoms with Gasteiger partial charge in [0.15, 0.2) is 0 Å². The minimum atomic E-state index is -1.14. The molecule has 2 atom stereocenters. The van der Waals surface area contributed by atoms with Gasteiger partial charge in [-0.2, -0.15) is 0 Å². The van der Waals surface area contributed by atoms with Crippen molar-refractivity contribution in [2.45, 2.75) is 0 Å². The molecule has 0 spiro atoms. The quantitative estimate of drug-likeness (QED) is 0.0443. The van der Waals surface area contributed by atoms with Crippen molar-refractivity contribution >= 4 is 161 Å². The Morgan fingerprint density at radius 2 is 1.26 bits per heavy atom. The summed E-state index contributed by atoms with van der Waals surface area (Å²) in [5, 5.41) is 17.7. The number of amides is 2. The smallest absolute Gasteiger partial charge is 0.280 e. The van der Waals surface area contributed by atoms with Crippen molar-refractivity contribution in [2.75, 3.05) is 71.5 Å². The first-order valence-electron chi connectivity index (χ1n) is 10.5. The van der Waals surface area contributed by atoms with Gasteiger partial charge in [-0.3, -0.25) is 28.0 Å². The molecule has 0 aromatic carbocycles. The van der Waals surface area contributed by atoms with E-state index < -0.39 is 21.6 Å². The molecule has 0 aromatic rings. The van der Waals surface area contributed by atoms with E-state index >= 15 is 0 Å². The summed E-state index contributed by atoms with van der Waals surface area (Å²) in [4.78, 5) is 31.6. The largest absolute Gasteiger partial charge is 0.386 e. The lowest BCUT2D eigenvalue weighted by Crippen LogP contribution is -2.18. The molecule has 0 aliphatic rings. The van der Waals surface area contributed by atoms with Crippen LogP contribution >= 0.6 is 118 Å². The van der Waals surface area contributed by atoms with Crippen LogP contribution in [0.15, 0.2) is 9.98 Å². The molecule has 2 radical (unpaired) electrons. The molecule has 226 valence electrons. The van der Waals surface area contributed by atoms with Gasteiger partial charge in [0.1, 0.15) is 0 Å². The molecule has 0 rings (SSSR count). The minimum absolute atomic E-state index is 0.0894. The van der Waals surface area contributed by atoms with Gasteiger partial charge in [-0.05, 0) is 0 Å². The van der Waals surface area contributed by atoms with Gasteiger partial charge < -0.3 is 15.7 Å². The Morgan fingerprint density at radius 3 is 1.82 bits per heavy atom. The SMILES string of the molecule is [CH]SCSCS(=O)/C=N\CSCNC(=O)SCSCCSCS(=O)/C=N\CSCNC(=O)SCSCSCO. The molecule has 39 heavy (non-hydrogen) atoms. The van der Waals surface area contributed by atoms with Crippen LogP contribution in [0, 0.1) is 6.26 Å². The summed E-state index contributed by atoms with van der Waals surface area (Å²) in [5.74, 6) is 3.54. The lowest BCUT2D eigenvalue weighted by atomic mass is 11.0. The second-order valence-electron chi connectivity index (χ2n) is 5.94. The van der Waals surface area contributed by atoms with Crippen molar-refractivity contribution in [1.82, 2.24) is 10.6 Å². The summed E-state index contributed by atoms with van der Waals surface area (Å²) in [6.45, 7) is 0. The molecule has 0 aromatic heterocycles. The van der Waals surface area contributed by atoms with Crippen molar-refractivity contribution in [3.63, 3.8) is 0 Å². The highest BCUT2D eigenvalue weighted by Gasteiger charge is 2.03. The zero-order chi connectivity index (χ0) is 28.8. The molecule has 0 saturated carbocycles. The van der Waals surface area contributed by atoms with Gasteiger partial charge in [0, 0.05) is 38.1 Å². The summed E-state index contributed by atoms with van der Waals surface area (Å²) in [7, 11) is -2.24. The zero-order valence-corrected chi connectivity index (χ0v) is 30.6. The maximum atomic E-state index is 12.0. The summed E-state index contributed by atoms with van der Waals surface area (Å²) in [6, 6.07) is 0. The predicted octanol–water partition coefficient (Wildman–Crippen LogP) is 5.48. The van der Waals surface area contributed by atoms with E-state index in [1.807, 2.05) is 0 Å². The fraction of sp³-hybridized carbons (Fsp3) is 0.722. The molecule has 0 heterocycles. The van der Waals surface area contributed by atoms with E-state index in [-0.39, 0.29) is 16.4 Å². The first-order valence-corrected chi connectivity index (χ1v) is 24.4. The van der Waals surface area contributed by atoms with Crippen molar-refractivity contribution in [3.05, 3.63) is 6.26 Å². The predicted molar refractivity (Wildman–Crippen MR) is 196 cm³/mol. The Bertz CT molecular complexity index is 739. The third kappa shape index (κ3) is 32.8. The summed E-state index contributed by atoms with van der Waals surface area (Å²) in [5.41, 5.74) is 2.88. The van der Waals surface area contributed by atoms with E-state index in [1.54, 1.807) is 35.3 Å². The number of hydrogen-bond donors (Lipinski definition) is 3. The molecular weight excluding hydrogens is 737 g/mol. The van der Waals surface area contributed by atoms with E-state index in [4.69, 9.17) is 11.4 Å². The van der Waals surface area contributed by atoms with Gasteiger partial charge >= 0.3 is 0 Å². The number of aliphatic imine (C=N–C) groups is 2. The number of aliphatic hydroxyl groups is 1. The highest BCUT2D eigenvalue weighted by atomic mass is 32.3. The van der Waals surface area contributed by atoms with Gasteiger partial charge in [-0.25, -0.2) is 0 Å². The van der Waals surface area contributed by atoms with Crippen molar-refractivity contribution in [1.29, 1.82) is 0 Å². The molecule has 2 amide bonds. The number of carbonyl (C=O) groups excluding carboxylic acids is 2. The molecule has 9 nitrogen and oxygen atoms in total. The van der Waals surface area contributed by atoms with Gasteiger partial charge in [0.05, 0.1) is 72.3 Å². The number of carbonyl (C=O) groups is 2. The van der Waals surface area contributed by atoms with Crippen LogP contribution in [-0.4, -0.2) is 107 Å². The van der Waals surface area contributed by atoms with Crippen LogP contribution in [0.3, 0.4) is 0 Å². The van der Waals surface area contributed by atoms with E-state index in [0.717, 1.165) is 16.6 Å². The van der Waals surface area contributed by atoms with Crippen LogP contribution in [0.5, 0.6) is 0 Å². The number of nitrogens with zero attached hydrogens (tertiary/aromatic N) is 2. The minimum Gasteiger partial charge on any atom is -0.386 e. The number of rotatable bonds is 26. The molecule has 0 aliphatic carbocycles. The highest BCUT2D eigenvalue weighted by molar-refractivity contribution is 8.27. The van der Waals surface area contributed by atoms with E-state index in [9.17, 15) is 18.0 Å². The second-order valence-corrected chi connectivity index (χ2v) is 20.2. The Kier molecular flexibility index (Phi) is 34.7. The van der Waals surface area contributed by atoms with Gasteiger partial charge in [-0.1, -0.05) is 23.5 Å². The highest BCUT2D eigenvalue weighted by Crippen LogP contribution is 2.18. The Hall–Kier alpha value is 2.04. The van der Waals surface area contributed by atoms with Crippen LogP contribution in [0.1, 0.15) is 0 Å². The monoisotopic (exact) mass is 768 g/mol. The normalized spacial score (nSPS) is 13.2. The van der Waals surface area contributed by atoms with Crippen LogP contribution in [0.2, 0.25) is 0 Å². The van der Waals surface area contributed by atoms with Crippen LogP contribution in [0.4, 0.5) is 9.59 Å². The summed E-state index contributed by atoms with van der Waals surface area (Å²) < 4.78 is 23.6. The molecule has 0 fully saturated rings. The summed E-state index contributed by atoms with van der Waals surface area (Å²) >= 11 is 14.2. The van der Waals surface area contributed by atoms with Crippen molar-refractivity contribution < 1.29 is 23.1 Å². The molecule has 21 heteroatoms. The van der Waals surface area contributed by atoms with Crippen LogP contribution in [0.25, 0.3) is 0 Å². The maximum Gasteiger partial charge on any atom is 0.280 e. The molecular formula is C18H32N4O5S12. The molecule has 0 aliphatic heterocycles. The lowest BCUT2D eigenvalue weighted by Gasteiger charge is -2.04. The first-order chi connectivity index (χ1) is 19.0. The van der Waals surface area contributed by atoms with E-state index in [2.05, 4.69) is 20.6 Å². The molecule has 0 bridgehead atoms. The van der Waals surface area contributed by atoms with Gasteiger partial charge in [0.2, 0.25) is 0 Å². The van der Waals surface area contributed by atoms with Gasteiger partial charge in [-0.15, -0.1) is 94.1 Å². The number of aliphatic hydroxyl groups excluding tert-OH is 1. The average molecular weight is 769 g/mol. The average Bonchev–Trinajstić information content (AvgIpc) is 2.92. The van der Waals surface area contributed by atoms with Crippen LogP contribution in [-0.2, 0) is 21.6 Å². The molecule has 0 saturated heterocycles. The van der Waals surface area contributed by atoms with E-state index in [0.29, 0.717) is 48.9 Å². The lowest BCUT2D eigenvalue weighted by molar-refractivity contribution is 0.261. The topological polar surface area (TPSA) is 137 Å². The fourth-order valence-corrected chi connectivity index (χ4v) is 12.0. The summed E-state index contributed by atoms with van der Waals surface area (Å²) in [6.07, 6.45) is 5.30. The maximum absolute atomic E-state index is 12.0. The standard InChI is InChI=1S/C18H32N4O5S12/c1-28-11-35-16-39(27)9-20-5-32-6-21-17(24)36-13-29-2-3-30-15-38(26)8-19-4-31-7-22-18(25)37-14-34-12-33-10-23/h1,8-9,23H,2-7,10-16H2,(H,21,24)(H,22,25)/b19-8-,20-9-. The fourth-order valence-electron chi connectivity index (χ4n) is 1.61. The second kappa shape index (κ2) is 32.9. The first kappa shape index (κ1) is 41.0. The van der Waals surface area contributed by atoms with Crippen LogP contribution < -0.4 is 10.6 Å². The Labute approximate surface area is 279 Å². The number of hydrogen-bond acceptors (Lipinski definition) is 17. The number of nitrogens with one attached hydrogen (secondary N) is 2. The Morgan fingerprint density at radius 1 is 0.718 bits per heavy atom. The number of thioether (sulfide) groups is 10. The zero-order valence-electron chi connectivity index (χ0n) is 20.8. The third-order valence-electron chi connectivity index (χ3n) is 3.08. The molecule has 3 N–H and O–H groups in total. The van der Waals surface area contributed by atoms with E-state index in [1.165, 1.54) is 93.4 Å². The van der Waals surface area contributed by atoms with Crippen molar-refractivity contribution in [2.24, 2.45) is 9.98 Å². The third-order valence-corrected chi connectivity index (χ3v) is 15.5.